The zero-order valence-corrected chi connectivity index (χ0v) is 20.3. The highest BCUT2D eigenvalue weighted by atomic mass is 35.5. The number of hydrogen-bond donors (Lipinski definition) is 2. The summed E-state index contributed by atoms with van der Waals surface area (Å²) in [4.78, 5) is 11.7. The van der Waals surface area contributed by atoms with Gasteiger partial charge >= 0.3 is 5.97 Å². The first kappa shape index (κ1) is 24.3. The van der Waals surface area contributed by atoms with Gasteiger partial charge in [-0.3, -0.25) is 4.79 Å². The van der Waals surface area contributed by atoms with Crippen molar-refractivity contribution in [3.63, 3.8) is 0 Å². The number of quaternary nitrogens is 1. The predicted octanol–water partition coefficient (Wildman–Crippen LogP) is 0.820. The second kappa shape index (κ2) is 8.90. The van der Waals surface area contributed by atoms with Crippen LogP contribution in [-0.4, -0.2) is 30.3 Å². The van der Waals surface area contributed by atoms with E-state index in [0.717, 1.165) is 24.7 Å². The average Bonchev–Trinajstić information content (AvgIpc) is 3.06. The number of hydrogen-bond acceptors (Lipinski definition) is 3. The fourth-order valence-electron chi connectivity index (χ4n) is 8.92. The lowest BCUT2D eigenvalue weighted by Crippen LogP contribution is -3.00. The fourth-order valence-corrected chi connectivity index (χ4v) is 8.92. The van der Waals surface area contributed by atoms with Gasteiger partial charge in [-0.05, 0) is 97.7 Å². The summed E-state index contributed by atoms with van der Waals surface area (Å²) in [6.45, 7) is 7.25. The van der Waals surface area contributed by atoms with E-state index in [0.29, 0.717) is 41.5 Å². The van der Waals surface area contributed by atoms with Gasteiger partial charge in [-0.2, -0.15) is 0 Å². The average molecular weight is 442 g/mol. The van der Waals surface area contributed by atoms with Gasteiger partial charge < -0.3 is 28.0 Å². The molecule has 4 saturated carbocycles. The largest absolute Gasteiger partial charge is 1.00 e. The van der Waals surface area contributed by atoms with E-state index in [-0.39, 0.29) is 29.9 Å². The smallest absolute Gasteiger partial charge is 0.305 e. The third-order valence-corrected chi connectivity index (χ3v) is 10.7. The number of methoxy groups -OCH3 is 1. The van der Waals surface area contributed by atoms with Crippen LogP contribution in [0.4, 0.5) is 0 Å². The summed E-state index contributed by atoms with van der Waals surface area (Å²) in [5, 5.41) is 11.6. The van der Waals surface area contributed by atoms with Crippen molar-refractivity contribution < 1.29 is 32.8 Å². The molecule has 0 aromatic heterocycles. The Morgan fingerprint density at radius 2 is 1.87 bits per heavy atom. The van der Waals surface area contributed by atoms with Crippen LogP contribution in [0.1, 0.15) is 85.0 Å². The lowest BCUT2D eigenvalue weighted by Gasteiger charge is -2.62. The van der Waals surface area contributed by atoms with E-state index in [4.69, 9.17) is 4.74 Å². The molecule has 4 rings (SSSR count). The Morgan fingerprint density at radius 1 is 1.13 bits per heavy atom. The molecule has 4 aliphatic rings. The van der Waals surface area contributed by atoms with Gasteiger partial charge in [0.25, 0.3) is 0 Å². The van der Waals surface area contributed by atoms with Gasteiger partial charge in [0.05, 0.1) is 19.3 Å². The highest BCUT2D eigenvalue weighted by Crippen LogP contribution is 2.68. The molecule has 0 aromatic carbocycles. The molecule has 10 atom stereocenters. The van der Waals surface area contributed by atoms with Crippen molar-refractivity contribution in [1.82, 2.24) is 0 Å². The van der Waals surface area contributed by atoms with Crippen LogP contribution in [0.25, 0.3) is 0 Å². The minimum atomic E-state index is -0.199. The standard InChI is InChI=1S/C25H43NO3.ClH/c1-15(5-10-23(28)29-4)19-8-9-20-18-7-6-16-13-17(26)11-12-24(16,2)21(18)14-22(27)25(19,20)3;/h15-22,27H,5-14,26H2,1-4H3;1H/t15?,16?,17?,18?,19-,20?,21?,22?,24+,25-;/m1./s1. The number of fused-ring (bicyclic) bond motifs is 5. The molecule has 0 saturated heterocycles. The van der Waals surface area contributed by atoms with Crippen LogP contribution in [0.2, 0.25) is 0 Å². The van der Waals surface area contributed by atoms with Gasteiger partial charge in [0, 0.05) is 12.8 Å². The third kappa shape index (κ3) is 3.73. The molecule has 7 unspecified atom stereocenters. The minimum absolute atomic E-state index is 0. The first-order valence-corrected chi connectivity index (χ1v) is 12.3. The van der Waals surface area contributed by atoms with Crippen LogP contribution >= 0.6 is 0 Å². The zero-order chi connectivity index (χ0) is 21.0. The van der Waals surface area contributed by atoms with Gasteiger partial charge in [0.2, 0.25) is 0 Å². The Morgan fingerprint density at radius 3 is 2.57 bits per heavy atom. The summed E-state index contributed by atoms with van der Waals surface area (Å²) in [6, 6.07) is 0.634. The lowest BCUT2D eigenvalue weighted by atomic mass is 9.43. The fraction of sp³-hybridized carbons (Fsp3) is 0.960. The number of carbonyl (C=O) groups excluding carboxylic acids is 1. The van der Waals surface area contributed by atoms with E-state index >= 15 is 0 Å². The molecule has 5 heteroatoms. The zero-order valence-electron chi connectivity index (χ0n) is 19.5. The van der Waals surface area contributed by atoms with E-state index in [1.165, 1.54) is 52.1 Å². The molecule has 0 radical (unpaired) electrons. The monoisotopic (exact) mass is 441 g/mol. The number of rotatable bonds is 4. The quantitative estimate of drug-likeness (QED) is 0.634. The van der Waals surface area contributed by atoms with Crippen molar-refractivity contribution in [2.24, 2.45) is 46.3 Å². The normalized spacial score (nSPS) is 48.5. The molecule has 0 spiro atoms. The summed E-state index contributed by atoms with van der Waals surface area (Å²) in [6.07, 6.45) is 11.2. The van der Waals surface area contributed by atoms with Crippen LogP contribution in [0.5, 0.6) is 0 Å². The van der Waals surface area contributed by atoms with E-state index in [1.54, 1.807) is 0 Å². The topological polar surface area (TPSA) is 74.2 Å². The van der Waals surface area contributed by atoms with E-state index in [9.17, 15) is 9.90 Å². The Bertz CT molecular complexity index is 630. The van der Waals surface area contributed by atoms with E-state index < -0.39 is 0 Å². The molecule has 30 heavy (non-hydrogen) atoms. The Kier molecular flexibility index (Phi) is 7.22. The van der Waals surface area contributed by atoms with Crippen LogP contribution < -0.4 is 18.1 Å². The molecule has 0 amide bonds. The first-order valence-electron chi connectivity index (χ1n) is 12.3. The van der Waals surface area contributed by atoms with Crippen LogP contribution in [0.3, 0.4) is 0 Å². The van der Waals surface area contributed by atoms with Crippen molar-refractivity contribution in [2.45, 2.75) is 97.1 Å². The Hall–Kier alpha value is -0.320. The van der Waals surface area contributed by atoms with Gasteiger partial charge in [-0.1, -0.05) is 20.8 Å². The molecular formula is C25H44ClNO3. The number of aliphatic hydroxyl groups excluding tert-OH is 1. The second-order valence-corrected chi connectivity index (χ2v) is 11.7. The van der Waals surface area contributed by atoms with Crippen molar-refractivity contribution in [3.8, 4) is 0 Å². The maximum atomic E-state index is 11.7. The molecule has 0 bridgehead atoms. The van der Waals surface area contributed by atoms with Crippen molar-refractivity contribution >= 4 is 5.97 Å². The summed E-state index contributed by atoms with van der Waals surface area (Å²) in [5.41, 5.74) is 4.81. The van der Waals surface area contributed by atoms with Crippen molar-refractivity contribution in [2.75, 3.05) is 7.11 Å². The molecule has 4 fully saturated rings. The predicted molar refractivity (Wildman–Crippen MR) is 114 cm³/mol. The van der Waals surface area contributed by atoms with Gasteiger partial charge in [-0.25, -0.2) is 0 Å². The maximum absolute atomic E-state index is 11.7. The van der Waals surface area contributed by atoms with Gasteiger partial charge in [-0.15, -0.1) is 0 Å². The number of ether oxygens (including phenoxy) is 1. The lowest BCUT2D eigenvalue weighted by molar-refractivity contribution is -0.433. The second-order valence-electron chi connectivity index (χ2n) is 11.7. The number of aliphatic hydroxyl groups is 1. The molecule has 4 nitrogen and oxygen atoms in total. The van der Waals surface area contributed by atoms with Crippen molar-refractivity contribution in [1.29, 1.82) is 0 Å². The highest BCUT2D eigenvalue weighted by molar-refractivity contribution is 5.69. The molecule has 0 heterocycles. The number of esters is 1. The molecule has 4 aliphatic carbocycles. The SMILES string of the molecule is COC(=O)CCC(C)[C@H]1CCC2C3CCC4CC([NH3+])CC[C@]4(C)C3CC(O)[C@@]21C.[Cl-]. The van der Waals surface area contributed by atoms with Crippen LogP contribution in [0.15, 0.2) is 0 Å². The molecule has 4 N–H and O–H groups in total. The Balaban J connectivity index is 0.00000256. The molecule has 0 aromatic rings. The number of halogens is 1. The summed E-state index contributed by atoms with van der Waals surface area (Å²) in [5.74, 6) is 3.81. The van der Waals surface area contributed by atoms with E-state index in [1.807, 2.05) is 0 Å². The minimum Gasteiger partial charge on any atom is -1.00 e. The number of carbonyl (C=O) groups is 1. The first-order chi connectivity index (χ1) is 13.7. The third-order valence-electron chi connectivity index (χ3n) is 10.7. The molecular weight excluding hydrogens is 398 g/mol. The van der Waals surface area contributed by atoms with Crippen molar-refractivity contribution in [3.05, 3.63) is 0 Å². The Labute approximate surface area is 189 Å². The van der Waals surface area contributed by atoms with Gasteiger partial charge in [0.1, 0.15) is 0 Å². The highest BCUT2D eigenvalue weighted by Gasteiger charge is 2.63. The van der Waals surface area contributed by atoms with Crippen LogP contribution in [-0.2, 0) is 9.53 Å². The molecule has 174 valence electrons. The summed E-state index contributed by atoms with van der Waals surface area (Å²) >= 11 is 0. The maximum Gasteiger partial charge on any atom is 0.305 e. The van der Waals surface area contributed by atoms with Gasteiger partial charge in [0.15, 0.2) is 0 Å². The van der Waals surface area contributed by atoms with Crippen LogP contribution in [0, 0.1) is 46.3 Å². The van der Waals surface area contributed by atoms with E-state index in [2.05, 4.69) is 26.5 Å². The molecule has 0 aliphatic heterocycles. The summed E-state index contributed by atoms with van der Waals surface area (Å²) < 4.78 is 4.86. The summed E-state index contributed by atoms with van der Waals surface area (Å²) in [7, 11) is 1.48.